The Balaban J connectivity index is 0.00000705. The standard InChI is InChI=1S/C31H38N4O9.H2O/c1-20-27(30(38)42-3)29(22-9-7-10-23(17-22)35(40)41)28(21(2)34-20)31(39)43-16-8-13-26(37)33-15-14-32-18-24(36)19-44-25-11-5-4-6-12-25;/h4-7,9-12,17,24,29,32,34,36H,8,13-16,18-19H2,1-3H3,(H,33,37);1H2. The van der Waals surface area contributed by atoms with Gasteiger partial charge in [-0.2, -0.15) is 0 Å². The molecule has 0 saturated heterocycles. The van der Waals surface area contributed by atoms with Crippen LogP contribution in [-0.2, 0) is 23.9 Å². The van der Waals surface area contributed by atoms with E-state index in [2.05, 4.69) is 16.0 Å². The predicted octanol–water partition coefficient (Wildman–Crippen LogP) is 1.65. The monoisotopic (exact) mass is 628 g/mol. The number of benzene rings is 2. The number of nitrogens with one attached hydrogen (secondary N) is 3. The molecule has 14 nitrogen and oxygen atoms in total. The average molecular weight is 629 g/mol. The Kier molecular flexibility index (Phi) is 14.7. The maximum Gasteiger partial charge on any atom is 0.336 e. The van der Waals surface area contributed by atoms with E-state index in [1.54, 1.807) is 32.0 Å². The van der Waals surface area contributed by atoms with Crippen LogP contribution in [0.1, 0.15) is 38.2 Å². The number of methoxy groups -OCH3 is 1. The first-order valence-electron chi connectivity index (χ1n) is 14.1. The number of aliphatic hydroxyl groups excluding tert-OH is 1. The number of hydrogen-bond acceptors (Lipinski definition) is 11. The van der Waals surface area contributed by atoms with Crippen molar-refractivity contribution < 1.29 is 44.1 Å². The van der Waals surface area contributed by atoms with Crippen LogP contribution < -0.4 is 20.7 Å². The van der Waals surface area contributed by atoms with E-state index in [9.17, 15) is 29.6 Å². The number of nitrogens with zero attached hydrogens (tertiary/aromatic N) is 1. The fourth-order valence-electron chi connectivity index (χ4n) is 4.69. The van der Waals surface area contributed by atoms with Crippen LogP contribution in [-0.4, -0.2) is 79.4 Å². The highest BCUT2D eigenvalue weighted by Gasteiger charge is 2.38. The van der Waals surface area contributed by atoms with Gasteiger partial charge in [-0.1, -0.05) is 30.3 Å². The molecule has 0 radical (unpaired) electrons. The zero-order chi connectivity index (χ0) is 32.1. The van der Waals surface area contributed by atoms with Crippen molar-refractivity contribution in [3.63, 3.8) is 0 Å². The molecule has 0 fully saturated rings. The maximum atomic E-state index is 13.3. The van der Waals surface area contributed by atoms with Gasteiger partial charge in [0.1, 0.15) is 18.5 Å². The second-order valence-electron chi connectivity index (χ2n) is 10.1. The van der Waals surface area contributed by atoms with Gasteiger partial charge in [-0.3, -0.25) is 14.9 Å². The third-order valence-corrected chi connectivity index (χ3v) is 6.77. The van der Waals surface area contributed by atoms with E-state index < -0.39 is 28.9 Å². The van der Waals surface area contributed by atoms with Gasteiger partial charge in [0, 0.05) is 49.6 Å². The van der Waals surface area contributed by atoms with Crippen molar-refractivity contribution >= 4 is 23.5 Å². The SMILES string of the molecule is COC(=O)C1=C(C)NC(C)=C(C(=O)OCCCC(=O)NCCNCC(O)COc2ccccc2)C1c1cccc([N+](=O)[O-])c1.O. The number of nitro groups is 1. The molecule has 0 aromatic heterocycles. The van der Waals surface area contributed by atoms with E-state index in [0.717, 1.165) is 0 Å². The molecule has 2 unspecified atom stereocenters. The summed E-state index contributed by atoms with van der Waals surface area (Å²) in [6, 6.07) is 14.9. The first-order valence-corrected chi connectivity index (χ1v) is 14.1. The number of non-ortho nitro benzene ring substituents is 1. The number of nitro benzene ring substituents is 1. The zero-order valence-electron chi connectivity index (χ0n) is 25.5. The number of carbonyl (C=O) groups excluding carboxylic acids is 3. The lowest BCUT2D eigenvalue weighted by Crippen LogP contribution is -2.37. The summed E-state index contributed by atoms with van der Waals surface area (Å²) in [7, 11) is 1.21. The summed E-state index contributed by atoms with van der Waals surface area (Å²) >= 11 is 0. The number of hydrogen-bond donors (Lipinski definition) is 4. The van der Waals surface area contributed by atoms with E-state index in [1.807, 2.05) is 18.2 Å². The van der Waals surface area contributed by atoms with E-state index in [1.165, 1.54) is 25.3 Å². The average Bonchev–Trinajstić information content (AvgIpc) is 3.01. The van der Waals surface area contributed by atoms with E-state index in [-0.39, 0.29) is 54.3 Å². The predicted molar refractivity (Wildman–Crippen MR) is 164 cm³/mol. The van der Waals surface area contributed by atoms with Crippen molar-refractivity contribution in [3.8, 4) is 5.75 Å². The normalized spacial score (nSPS) is 14.9. The number of rotatable bonds is 16. The molecule has 14 heteroatoms. The Morgan fingerprint density at radius 1 is 1.02 bits per heavy atom. The van der Waals surface area contributed by atoms with Crippen LogP contribution in [0.5, 0.6) is 5.75 Å². The summed E-state index contributed by atoms with van der Waals surface area (Å²) in [5, 5.41) is 30.2. The fourth-order valence-corrected chi connectivity index (χ4v) is 4.69. The molecular weight excluding hydrogens is 588 g/mol. The molecule has 0 spiro atoms. The van der Waals surface area contributed by atoms with Gasteiger partial charge in [-0.15, -0.1) is 0 Å². The van der Waals surface area contributed by atoms with Crippen molar-refractivity contribution in [2.45, 2.75) is 38.7 Å². The number of aliphatic hydroxyl groups is 1. The largest absolute Gasteiger partial charge is 0.491 e. The van der Waals surface area contributed by atoms with E-state index in [0.29, 0.717) is 42.3 Å². The lowest BCUT2D eigenvalue weighted by molar-refractivity contribution is -0.384. The summed E-state index contributed by atoms with van der Waals surface area (Å²) in [5.41, 5.74) is 1.29. The number of allylic oxidation sites excluding steroid dienone is 2. The molecule has 1 aliphatic heterocycles. The Bertz CT molecular complexity index is 1390. The molecular formula is C31H40N4O10. The molecule has 2 atom stereocenters. The quantitative estimate of drug-likeness (QED) is 0.0909. The first kappa shape index (κ1) is 36.4. The van der Waals surface area contributed by atoms with E-state index >= 15 is 0 Å². The number of amides is 1. The molecule has 1 amide bonds. The van der Waals surface area contributed by atoms with Crippen LogP contribution in [0.15, 0.2) is 77.1 Å². The third kappa shape index (κ3) is 10.7. The number of dihydropyridines is 1. The van der Waals surface area contributed by atoms with Crippen LogP contribution in [0.25, 0.3) is 0 Å². The van der Waals surface area contributed by atoms with Gasteiger partial charge in [0.15, 0.2) is 0 Å². The molecule has 2 aromatic rings. The summed E-state index contributed by atoms with van der Waals surface area (Å²) < 4.78 is 15.9. The van der Waals surface area contributed by atoms with Crippen molar-refractivity contribution in [2.75, 3.05) is 40.0 Å². The van der Waals surface area contributed by atoms with Crippen LogP contribution in [0, 0.1) is 10.1 Å². The minimum atomic E-state index is -0.963. The third-order valence-electron chi connectivity index (χ3n) is 6.77. The molecule has 45 heavy (non-hydrogen) atoms. The topological polar surface area (TPSA) is 210 Å². The summed E-state index contributed by atoms with van der Waals surface area (Å²) in [6.07, 6.45) is -0.350. The molecule has 0 aliphatic carbocycles. The Hall–Kier alpha value is -4.79. The minimum Gasteiger partial charge on any atom is -0.491 e. The first-order chi connectivity index (χ1) is 21.1. The number of carbonyl (C=O) groups is 3. The summed E-state index contributed by atoms with van der Waals surface area (Å²) in [5.74, 6) is -1.93. The Morgan fingerprint density at radius 3 is 2.38 bits per heavy atom. The second-order valence-corrected chi connectivity index (χ2v) is 10.1. The van der Waals surface area contributed by atoms with Gasteiger partial charge in [0.05, 0.1) is 35.7 Å². The summed E-state index contributed by atoms with van der Waals surface area (Å²) in [4.78, 5) is 49.1. The molecule has 0 saturated carbocycles. The van der Waals surface area contributed by atoms with Gasteiger partial charge in [0.25, 0.3) is 5.69 Å². The van der Waals surface area contributed by atoms with Crippen molar-refractivity contribution in [1.29, 1.82) is 0 Å². The van der Waals surface area contributed by atoms with Crippen LogP contribution in [0.3, 0.4) is 0 Å². The lowest BCUT2D eigenvalue weighted by Gasteiger charge is -2.30. The van der Waals surface area contributed by atoms with Crippen LogP contribution in [0.2, 0.25) is 0 Å². The second kappa shape index (κ2) is 18.1. The van der Waals surface area contributed by atoms with Gasteiger partial charge in [-0.25, -0.2) is 9.59 Å². The van der Waals surface area contributed by atoms with Gasteiger partial charge in [0.2, 0.25) is 5.91 Å². The maximum absolute atomic E-state index is 13.3. The number of para-hydroxylation sites is 1. The van der Waals surface area contributed by atoms with Crippen molar-refractivity contribution in [3.05, 3.63) is 92.8 Å². The van der Waals surface area contributed by atoms with Crippen LogP contribution in [0.4, 0.5) is 5.69 Å². The van der Waals surface area contributed by atoms with Crippen LogP contribution >= 0.6 is 0 Å². The minimum absolute atomic E-state index is 0. The fraction of sp³-hybridized carbons (Fsp3) is 0.387. The van der Waals surface area contributed by atoms with E-state index in [4.69, 9.17) is 14.2 Å². The zero-order valence-corrected chi connectivity index (χ0v) is 25.5. The number of esters is 2. The Morgan fingerprint density at radius 2 is 1.71 bits per heavy atom. The summed E-state index contributed by atoms with van der Waals surface area (Å²) in [6.45, 7) is 4.46. The number of ether oxygens (including phenoxy) is 3. The highest BCUT2D eigenvalue weighted by Crippen LogP contribution is 2.40. The Labute approximate surface area is 260 Å². The molecule has 1 heterocycles. The molecule has 2 aromatic carbocycles. The van der Waals surface area contributed by atoms with Gasteiger partial charge < -0.3 is 40.7 Å². The molecule has 244 valence electrons. The molecule has 3 rings (SSSR count). The highest BCUT2D eigenvalue weighted by atomic mass is 16.6. The smallest absolute Gasteiger partial charge is 0.336 e. The van der Waals surface area contributed by atoms with Crippen molar-refractivity contribution in [2.24, 2.45) is 0 Å². The molecule has 1 aliphatic rings. The molecule has 6 N–H and O–H groups in total. The lowest BCUT2D eigenvalue weighted by atomic mass is 9.80. The molecule has 0 bridgehead atoms. The van der Waals surface area contributed by atoms with Gasteiger partial charge in [-0.05, 0) is 38.0 Å². The van der Waals surface area contributed by atoms with Crippen molar-refractivity contribution in [1.82, 2.24) is 16.0 Å². The highest BCUT2D eigenvalue weighted by molar-refractivity contribution is 5.99. The van der Waals surface area contributed by atoms with Gasteiger partial charge >= 0.3 is 11.9 Å².